The zero-order valence-electron chi connectivity index (χ0n) is 26.0. The average molecular weight is 587 g/mol. The lowest BCUT2D eigenvalue weighted by molar-refractivity contribution is -0.123. The Morgan fingerprint density at radius 1 is 1.07 bits per heavy atom. The molecular formula is C35H46N4O4. The summed E-state index contributed by atoms with van der Waals surface area (Å²) < 4.78 is 10.7. The highest BCUT2D eigenvalue weighted by molar-refractivity contribution is 6.07. The number of aryl methyl sites for hydroxylation is 1. The minimum atomic E-state index is -0.838. The van der Waals surface area contributed by atoms with Crippen LogP contribution in [0.3, 0.4) is 0 Å². The second-order valence-corrected chi connectivity index (χ2v) is 12.5. The van der Waals surface area contributed by atoms with Crippen molar-refractivity contribution in [2.24, 2.45) is 28.2 Å². The monoisotopic (exact) mass is 586 g/mol. The van der Waals surface area contributed by atoms with E-state index in [1.807, 2.05) is 61.5 Å². The molecule has 0 aromatic heterocycles. The van der Waals surface area contributed by atoms with Gasteiger partial charge in [-0.15, -0.1) is 0 Å². The topological polar surface area (TPSA) is 113 Å². The SMILES string of the molecule is COC(=O)NC(=NC(CC1CC(C)C2(CCCC2)C(C)C1)C(=O)NC(C#N)COCc1cccc(C)c1)c1ccccc1. The Kier molecular flexibility index (Phi) is 11.4. The number of amides is 2. The van der Waals surface area contributed by atoms with Crippen molar-refractivity contribution < 1.29 is 19.1 Å². The van der Waals surface area contributed by atoms with Crippen LogP contribution in [0.1, 0.15) is 75.5 Å². The van der Waals surface area contributed by atoms with Crippen molar-refractivity contribution in [3.63, 3.8) is 0 Å². The van der Waals surface area contributed by atoms with Crippen LogP contribution in [-0.4, -0.2) is 43.6 Å². The van der Waals surface area contributed by atoms with Crippen molar-refractivity contribution in [3.8, 4) is 6.07 Å². The number of hydrogen-bond acceptors (Lipinski definition) is 6. The molecule has 2 amide bonds. The van der Waals surface area contributed by atoms with Gasteiger partial charge in [0.1, 0.15) is 17.9 Å². The van der Waals surface area contributed by atoms with E-state index in [1.54, 1.807) is 0 Å². The molecule has 0 heterocycles. The lowest BCUT2D eigenvalue weighted by Crippen LogP contribution is -2.45. The number of carbonyl (C=O) groups excluding carboxylic acids is 2. The van der Waals surface area contributed by atoms with Gasteiger partial charge in [-0.05, 0) is 67.8 Å². The first-order chi connectivity index (χ1) is 20.7. The Hall–Kier alpha value is -3.70. The molecule has 43 heavy (non-hydrogen) atoms. The molecule has 2 saturated carbocycles. The van der Waals surface area contributed by atoms with E-state index in [4.69, 9.17) is 14.5 Å². The van der Waals surface area contributed by atoms with Gasteiger partial charge < -0.3 is 14.8 Å². The van der Waals surface area contributed by atoms with Gasteiger partial charge in [0.25, 0.3) is 0 Å². The van der Waals surface area contributed by atoms with Crippen LogP contribution < -0.4 is 10.6 Å². The predicted octanol–water partition coefficient (Wildman–Crippen LogP) is 6.32. The average Bonchev–Trinajstić information content (AvgIpc) is 3.50. The van der Waals surface area contributed by atoms with Gasteiger partial charge in [0.05, 0.1) is 26.4 Å². The third kappa shape index (κ3) is 8.45. The Bertz CT molecular complexity index is 1280. The third-order valence-corrected chi connectivity index (χ3v) is 9.58. The summed E-state index contributed by atoms with van der Waals surface area (Å²) in [6.07, 6.45) is 7.12. The van der Waals surface area contributed by atoms with Crippen molar-refractivity contribution in [2.75, 3.05) is 13.7 Å². The number of nitrogens with one attached hydrogen (secondary N) is 2. The highest BCUT2D eigenvalue weighted by Crippen LogP contribution is 2.57. The summed E-state index contributed by atoms with van der Waals surface area (Å²) in [5, 5.41) is 15.4. The minimum Gasteiger partial charge on any atom is -0.453 e. The summed E-state index contributed by atoms with van der Waals surface area (Å²) in [4.78, 5) is 30.9. The van der Waals surface area contributed by atoms with E-state index in [9.17, 15) is 14.9 Å². The van der Waals surface area contributed by atoms with Crippen LogP contribution in [0.25, 0.3) is 0 Å². The highest BCUT2D eigenvalue weighted by Gasteiger charge is 2.47. The maximum absolute atomic E-state index is 13.8. The zero-order chi connectivity index (χ0) is 30.8. The van der Waals surface area contributed by atoms with E-state index in [0.717, 1.165) is 24.0 Å². The summed E-state index contributed by atoms with van der Waals surface area (Å²) in [7, 11) is 1.29. The van der Waals surface area contributed by atoms with Crippen molar-refractivity contribution >= 4 is 17.8 Å². The molecule has 2 fully saturated rings. The van der Waals surface area contributed by atoms with Crippen molar-refractivity contribution in [3.05, 3.63) is 71.3 Å². The first-order valence-electron chi connectivity index (χ1n) is 15.6. The molecule has 8 nitrogen and oxygen atoms in total. The van der Waals surface area contributed by atoms with E-state index in [2.05, 4.69) is 30.6 Å². The highest BCUT2D eigenvalue weighted by atomic mass is 16.5. The first kappa shape index (κ1) is 32.2. The smallest absolute Gasteiger partial charge is 0.412 e. The van der Waals surface area contributed by atoms with E-state index in [-0.39, 0.29) is 18.3 Å². The quantitative estimate of drug-likeness (QED) is 0.250. The van der Waals surface area contributed by atoms with E-state index in [0.29, 0.717) is 41.8 Å². The normalized spacial score (nSPS) is 22.8. The maximum atomic E-state index is 13.8. The number of aliphatic imine (C=N–C) groups is 1. The molecule has 2 aliphatic carbocycles. The molecule has 0 saturated heterocycles. The van der Waals surface area contributed by atoms with Crippen LogP contribution in [0, 0.1) is 41.4 Å². The first-order valence-corrected chi connectivity index (χ1v) is 15.6. The number of nitrogens with zero attached hydrogens (tertiary/aromatic N) is 2. The van der Waals surface area contributed by atoms with Gasteiger partial charge in [0, 0.05) is 5.56 Å². The Balaban J connectivity index is 1.53. The van der Waals surface area contributed by atoms with Crippen LogP contribution in [0.5, 0.6) is 0 Å². The molecule has 230 valence electrons. The summed E-state index contributed by atoms with van der Waals surface area (Å²) in [6.45, 7) is 7.16. The van der Waals surface area contributed by atoms with Gasteiger partial charge in [-0.2, -0.15) is 5.26 Å². The molecule has 0 bridgehead atoms. The van der Waals surface area contributed by atoms with E-state index in [1.165, 1.54) is 32.8 Å². The number of nitriles is 1. The van der Waals surface area contributed by atoms with Crippen LogP contribution >= 0.6 is 0 Å². The molecule has 4 unspecified atom stereocenters. The fourth-order valence-corrected chi connectivity index (χ4v) is 7.35. The number of rotatable bonds is 10. The maximum Gasteiger partial charge on any atom is 0.412 e. The van der Waals surface area contributed by atoms with E-state index < -0.39 is 18.2 Å². The van der Waals surface area contributed by atoms with Gasteiger partial charge >= 0.3 is 6.09 Å². The molecule has 2 aromatic carbocycles. The van der Waals surface area contributed by atoms with Crippen molar-refractivity contribution in [1.29, 1.82) is 5.26 Å². The van der Waals surface area contributed by atoms with Gasteiger partial charge in [-0.1, -0.05) is 86.8 Å². The number of carbonyl (C=O) groups is 2. The van der Waals surface area contributed by atoms with Crippen LogP contribution in [0.2, 0.25) is 0 Å². The lowest BCUT2D eigenvalue weighted by Gasteiger charge is -2.48. The molecule has 0 radical (unpaired) electrons. The van der Waals surface area contributed by atoms with Crippen LogP contribution in [0.15, 0.2) is 59.6 Å². The number of ether oxygens (including phenoxy) is 2. The predicted molar refractivity (Wildman–Crippen MR) is 167 cm³/mol. The van der Waals surface area contributed by atoms with Gasteiger partial charge in [-0.3, -0.25) is 15.1 Å². The summed E-state index contributed by atoms with van der Waals surface area (Å²) in [5.74, 6) is 1.34. The lowest BCUT2D eigenvalue weighted by atomic mass is 9.57. The molecule has 0 aliphatic heterocycles. The third-order valence-electron chi connectivity index (χ3n) is 9.58. The number of methoxy groups -OCH3 is 1. The Labute approximate surface area is 256 Å². The standard InChI is InChI=1S/C35H46N4O4/c1-24-11-10-12-27(17-24)22-43-23-30(21-36)37-33(40)31(38-32(39-34(41)42-4)29-13-6-5-7-14-29)20-28-18-25(2)35(26(3)19-28)15-8-9-16-35/h5-7,10-14,17,25-26,28,30-31H,8-9,15-16,18-20,22-23H2,1-4H3,(H,37,40)(H,38,39,41). The number of benzene rings is 2. The zero-order valence-corrected chi connectivity index (χ0v) is 26.0. The fraction of sp³-hybridized carbons (Fsp3) is 0.543. The van der Waals surface area contributed by atoms with Gasteiger partial charge in [0.2, 0.25) is 5.91 Å². The summed E-state index contributed by atoms with van der Waals surface area (Å²) in [6, 6.07) is 17.7. The second kappa shape index (κ2) is 15.2. The molecule has 4 rings (SSSR count). The van der Waals surface area contributed by atoms with Crippen molar-refractivity contribution in [2.45, 2.75) is 84.4 Å². The molecule has 4 atom stereocenters. The number of amidine groups is 1. The molecule has 2 aliphatic rings. The second-order valence-electron chi connectivity index (χ2n) is 12.5. The number of alkyl carbamates (subject to hydrolysis) is 1. The molecular weight excluding hydrogens is 540 g/mol. The van der Waals surface area contributed by atoms with E-state index >= 15 is 0 Å². The molecule has 2 aromatic rings. The van der Waals surface area contributed by atoms with Crippen molar-refractivity contribution in [1.82, 2.24) is 10.6 Å². The van der Waals surface area contributed by atoms with Gasteiger partial charge in [0.15, 0.2) is 0 Å². The Morgan fingerprint density at radius 3 is 2.40 bits per heavy atom. The summed E-state index contributed by atoms with van der Waals surface area (Å²) in [5.41, 5.74) is 3.21. The van der Waals surface area contributed by atoms with Crippen LogP contribution in [-0.2, 0) is 20.9 Å². The van der Waals surface area contributed by atoms with Gasteiger partial charge in [-0.25, -0.2) is 4.79 Å². The molecule has 8 heteroatoms. The minimum absolute atomic E-state index is 0.0542. The fourth-order valence-electron chi connectivity index (χ4n) is 7.35. The largest absolute Gasteiger partial charge is 0.453 e. The molecule has 2 N–H and O–H groups in total. The summed E-state index contributed by atoms with van der Waals surface area (Å²) >= 11 is 0. The Morgan fingerprint density at radius 2 is 1.77 bits per heavy atom. The van der Waals surface area contributed by atoms with Crippen LogP contribution in [0.4, 0.5) is 4.79 Å². The number of hydrogen-bond donors (Lipinski definition) is 2. The molecule has 1 spiro atoms.